The summed E-state index contributed by atoms with van der Waals surface area (Å²) < 4.78 is 2.21. The van der Waals surface area contributed by atoms with Crippen LogP contribution in [0.4, 0.5) is 5.95 Å². The molecule has 2 aromatic rings. The number of carbonyl (C=O) groups excluding carboxylic acids is 1. The van der Waals surface area contributed by atoms with Crippen molar-refractivity contribution >= 4 is 23.5 Å². The Balaban J connectivity index is 1.53. The molecule has 2 atom stereocenters. The maximum Gasteiger partial charge on any atom is 0.232 e. The molecule has 1 aliphatic heterocycles. The molecule has 4 aliphatic rings. The molecule has 1 aromatic carbocycles. The van der Waals surface area contributed by atoms with Crippen LogP contribution in [0.5, 0.6) is 0 Å². The highest BCUT2D eigenvalue weighted by molar-refractivity contribution is 6.30. The summed E-state index contributed by atoms with van der Waals surface area (Å²) in [5, 5.41) is 5.81. The van der Waals surface area contributed by atoms with Crippen LogP contribution in [-0.4, -0.2) is 26.7 Å². The molecule has 3 aliphatic carbocycles. The van der Waals surface area contributed by atoms with E-state index in [0.717, 1.165) is 49.4 Å². The van der Waals surface area contributed by atoms with Gasteiger partial charge in [0.05, 0.1) is 5.54 Å². The predicted molar refractivity (Wildman–Crippen MR) is 117 cm³/mol. The normalized spacial score (nSPS) is 27.6. The molecule has 158 valence electrons. The third-order valence-corrected chi connectivity index (χ3v) is 8.22. The van der Waals surface area contributed by atoms with Crippen molar-refractivity contribution in [2.45, 2.75) is 82.2 Å². The minimum Gasteiger partial charge on any atom is -0.277 e. The van der Waals surface area contributed by atoms with E-state index >= 15 is 0 Å². The van der Waals surface area contributed by atoms with E-state index in [2.05, 4.69) is 9.58 Å². The number of nitrogens with zero attached hydrogens (tertiary/aromatic N) is 4. The molecule has 6 rings (SSSR count). The number of aromatic nitrogens is 3. The Morgan fingerprint density at radius 2 is 1.70 bits per heavy atom. The summed E-state index contributed by atoms with van der Waals surface area (Å²) in [6.07, 6.45) is 13.0. The highest BCUT2D eigenvalue weighted by Gasteiger charge is 2.56. The number of hydrogen-bond acceptors (Lipinski definition) is 3. The molecule has 3 fully saturated rings. The van der Waals surface area contributed by atoms with Crippen LogP contribution in [0.25, 0.3) is 11.4 Å². The van der Waals surface area contributed by atoms with Gasteiger partial charge in [-0.2, -0.15) is 4.98 Å². The van der Waals surface area contributed by atoms with Crippen molar-refractivity contribution < 1.29 is 4.79 Å². The van der Waals surface area contributed by atoms with Gasteiger partial charge in [0, 0.05) is 28.5 Å². The molecule has 0 N–H and O–H groups in total. The Labute approximate surface area is 182 Å². The number of hydrogen-bond donors (Lipinski definition) is 0. The summed E-state index contributed by atoms with van der Waals surface area (Å²) in [6, 6.07) is 8.04. The van der Waals surface area contributed by atoms with Crippen molar-refractivity contribution in [1.82, 2.24) is 14.8 Å². The Bertz CT molecular complexity index is 958. The number of benzene rings is 1. The number of carbonyl (C=O) groups is 1. The molecule has 6 heteroatoms. The second-order valence-corrected chi connectivity index (χ2v) is 10.2. The first-order valence-electron chi connectivity index (χ1n) is 11.7. The predicted octanol–water partition coefficient (Wildman–Crippen LogP) is 5.57. The van der Waals surface area contributed by atoms with Gasteiger partial charge in [-0.3, -0.25) is 9.69 Å². The van der Waals surface area contributed by atoms with Crippen LogP contribution in [0.15, 0.2) is 24.3 Å². The average molecular weight is 425 g/mol. The quantitative estimate of drug-likeness (QED) is 0.632. The van der Waals surface area contributed by atoms with Crippen molar-refractivity contribution in [3.05, 3.63) is 29.3 Å². The van der Waals surface area contributed by atoms with E-state index < -0.39 is 0 Å². The molecule has 2 heterocycles. The molecule has 5 nitrogen and oxygen atoms in total. The first-order valence-corrected chi connectivity index (χ1v) is 12.1. The van der Waals surface area contributed by atoms with Crippen molar-refractivity contribution in [3.8, 4) is 11.4 Å². The van der Waals surface area contributed by atoms with Crippen LogP contribution >= 0.6 is 11.6 Å². The molecule has 1 aromatic heterocycles. The molecule has 3 saturated carbocycles. The lowest BCUT2D eigenvalue weighted by atomic mass is 9.64. The largest absolute Gasteiger partial charge is 0.277 e. The van der Waals surface area contributed by atoms with Gasteiger partial charge in [0.1, 0.15) is 0 Å². The Morgan fingerprint density at radius 3 is 2.43 bits per heavy atom. The third-order valence-electron chi connectivity index (χ3n) is 7.96. The topological polar surface area (TPSA) is 51.0 Å². The van der Waals surface area contributed by atoms with E-state index in [1.165, 1.54) is 38.5 Å². The van der Waals surface area contributed by atoms with Gasteiger partial charge in [-0.15, -0.1) is 5.10 Å². The zero-order chi connectivity index (χ0) is 20.3. The lowest BCUT2D eigenvalue weighted by Crippen LogP contribution is -2.61. The van der Waals surface area contributed by atoms with E-state index in [-0.39, 0.29) is 17.4 Å². The second kappa shape index (κ2) is 7.08. The average Bonchev–Trinajstić information content (AvgIpc) is 3.54. The number of halogens is 1. The van der Waals surface area contributed by atoms with Gasteiger partial charge < -0.3 is 0 Å². The van der Waals surface area contributed by atoms with Gasteiger partial charge in [-0.25, -0.2) is 4.68 Å². The monoisotopic (exact) mass is 424 g/mol. The molecule has 1 spiro atoms. The summed E-state index contributed by atoms with van der Waals surface area (Å²) in [5.41, 5.74) is 0.991. The Kier molecular flexibility index (Phi) is 4.45. The zero-order valence-corrected chi connectivity index (χ0v) is 18.2. The number of rotatable bonds is 2. The van der Waals surface area contributed by atoms with Crippen LogP contribution in [0.1, 0.15) is 70.6 Å². The lowest BCUT2D eigenvalue weighted by Gasteiger charge is -2.55. The molecule has 0 bridgehead atoms. The fourth-order valence-corrected chi connectivity index (χ4v) is 6.49. The number of amides is 1. The first-order chi connectivity index (χ1) is 14.7. The van der Waals surface area contributed by atoms with Crippen molar-refractivity contribution in [1.29, 1.82) is 0 Å². The minimum absolute atomic E-state index is 0.0245. The standard InChI is InChI=1S/C24H29ClN4O/c25-18-12-10-16(11-13-18)21-26-23-28(22(30)17-8-9-17)20-7-3-2-6-19(20)24(29(23)27-21)14-4-1-5-15-24/h10-13,17,19-20H,1-9,14-15H2. The summed E-state index contributed by atoms with van der Waals surface area (Å²) in [7, 11) is 0. The number of fused-ring (bicyclic) bond motifs is 4. The van der Waals surface area contributed by atoms with Crippen LogP contribution in [0.3, 0.4) is 0 Å². The van der Waals surface area contributed by atoms with Gasteiger partial charge in [0.25, 0.3) is 0 Å². The van der Waals surface area contributed by atoms with Crippen LogP contribution in [-0.2, 0) is 10.3 Å². The van der Waals surface area contributed by atoms with E-state index in [1.807, 2.05) is 24.3 Å². The highest BCUT2D eigenvalue weighted by atomic mass is 35.5. The van der Waals surface area contributed by atoms with Gasteiger partial charge in [-0.05, 0) is 62.8 Å². The van der Waals surface area contributed by atoms with E-state index in [0.29, 0.717) is 17.0 Å². The first kappa shape index (κ1) is 18.9. The molecule has 0 radical (unpaired) electrons. The third kappa shape index (κ3) is 2.84. The van der Waals surface area contributed by atoms with Gasteiger partial charge in [0.15, 0.2) is 5.82 Å². The molecular weight excluding hydrogens is 396 g/mol. The van der Waals surface area contributed by atoms with E-state index in [9.17, 15) is 4.79 Å². The van der Waals surface area contributed by atoms with Crippen molar-refractivity contribution in [2.24, 2.45) is 11.8 Å². The highest BCUT2D eigenvalue weighted by Crippen LogP contribution is 2.53. The Morgan fingerprint density at radius 1 is 0.967 bits per heavy atom. The van der Waals surface area contributed by atoms with Gasteiger partial charge in [-0.1, -0.05) is 43.7 Å². The van der Waals surface area contributed by atoms with Crippen molar-refractivity contribution in [2.75, 3.05) is 4.90 Å². The maximum absolute atomic E-state index is 13.5. The minimum atomic E-state index is 0.0245. The Hall–Kier alpha value is -1.88. The van der Waals surface area contributed by atoms with Gasteiger partial charge >= 0.3 is 0 Å². The summed E-state index contributed by atoms with van der Waals surface area (Å²) >= 11 is 6.11. The van der Waals surface area contributed by atoms with Crippen LogP contribution < -0.4 is 4.90 Å². The lowest BCUT2D eigenvalue weighted by molar-refractivity contribution is -0.122. The summed E-state index contributed by atoms with van der Waals surface area (Å²) in [6.45, 7) is 0. The van der Waals surface area contributed by atoms with E-state index in [1.54, 1.807) is 0 Å². The van der Waals surface area contributed by atoms with Crippen LogP contribution in [0.2, 0.25) is 5.02 Å². The smallest absolute Gasteiger partial charge is 0.232 e. The summed E-state index contributed by atoms with van der Waals surface area (Å²) in [4.78, 5) is 20.6. The molecule has 0 saturated heterocycles. The summed E-state index contributed by atoms with van der Waals surface area (Å²) in [5.74, 6) is 2.51. The second-order valence-electron chi connectivity index (χ2n) is 9.76. The zero-order valence-electron chi connectivity index (χ0n) is 17.4. The fourth-order valence-electron chi connectivity index (χ4n) is 6.37. The maximum atomic E-state index is 13.5. The fraction of sp³-hybridized carbons (Fsp3) is 0.625. The molecule has 30 heavy (non-hydrogen) atoms. The van der Waals surface area contributed by atoms with E-state index in [4.69, 9.17) is 21.7 Å². The number of anilines is 1. The molecule has 1 amide bonds. The molecular formula is C24H29ClN4O. The van der Waals surface area contributed by atoms with Crippen molar-refractivity contribution in [3.63, 3.8) is 0 Å². The SMILES string of the molecule is O=C(C1CC1)N1c2nc(-c3ccc(Cl)cc3)nn2C2(CCCCC2)C2CCCCC21. The van der Waals surface area contributed by atoms with Crippen LogP contribution in [0, 0.1) is 11.8 Å². The van der Waals surface area contributed by atoms with Gasteiger partial charge in [0.2, 0.25) is 11.9 Å². The molecule has 2 unspecified atom stereocenters.